The summed E-state index contributed by atoms with van der Waals surface area (Å²) in [5.74, 6) is -4.71. The summed E-state index contributed by atoms with van der Waals surface area (Å²) in [5.41, 5.74) is 0. The van der Waals surface area contributed by atoms with Gasteiger partial charge in [0, 0.05) is 0 Å². The Hall–Kier alpha value is -3.58. The fraction of sp³-hybridized carbons (Fsp3) is 0.700. The molecule has 14 nitrogen and oxygen atoms in total. The van der Waals surface area contributed by atoms with E-state index < -0.39 is 72.4 Å². The molecule has 0 aliphatic heterocycles. The second-order valence-electron chi connectivity index (χ2n) is 6.85. The summed E-state index contributed by atoms with van der Waals surface area (Å²) in [6.45, 7) is 5.59. The maximum Gasteiger partial charge on any atom is 0.508 e. The van der Waals surface area contributed by atoms with Crippen LogP contribution in [-0.4, -0.2) is 87.0 Å². The highest BCUT2D eigenvalue weighted by Crippen LogP contribution is 2.47. The zero-order valence-electron chi connectivity index (χ0n) is 19.0. The van der Waals surface area contributed by atoms with Gasteiger partial charge in [0.05, 0.1) is 38.3 Å². The summed E-state index contributed by atoms with van der Waals surface area (Å²) >= 11 is 0. The summed E-state index contributed by atoms with van der Waals surface area (Å²) in [6.07, 6.45) is -12.0. The van der Waals surface area contributed by atoms with Gasteiger partial charge in [0.15, 0.2) is 24.4 Å². The minimum Gasteiger partial charge on any atom is -0.435 e. The number of hydrogen-bond acceptors (Lipinski definition) is 14. The van der Waals surface area contributed by atoms with Gasteiger partial charge in [0.2, 0.25) is 11.6 Å². The standard InChI is InChI=1S/C20H26O14/c1-5-27-17(23)31-13-9-10(15(11(13)21)33-19(25)29-7-3)16(34-20(26)30-8-4)12(22)14(9)32-18(24)28-6-2/h9-10,13-16H,5-8H2,1-4H3/t9?,10?,13-,14?,15+,16?. The van der Waals surface area contributed by atoms with Crippen LogP contribution in [0.2, 0.25) is 0 Å². The lowest BCUT2D eigenvalue weighted by atomic mass is 9.95. The molecule has 14 heteroatoms. The number of carbonyl (C=O) groups excluding carboxylic acids is 6. The Labute approximate surface area is 194 Å². The molecule has 2 saturated carbocycles. The molecule has 4 unspecified atom stereocenters. The monoisotopic (exact) mass is 490 g/mol. The molecule has 0 bridgehead atoms. The summed E-state index contributed by atoms with van der Waals surface area (Å²) < 4.78 is 39.1. The van der Waals surface area contributed by atoms with Crippen LogP contribution in [0.4, 0.5) is 19.2 Å². The van der Waals surface area contributed by atoms with Gasteiger partial charge in [-0.25, -0.2) is 19.2 Å². The quantitative estimate of drug-likeness (QED) is 0.353. The molecule has 0 amide bonds. The van der Waals surface area contributed by atoms with Crippen LogP contribution in [0.1, 0.15) is 27.7 Å². The van der Waals surface area contributed by atoms with Gasteiger partial charge in [-0.3, -0.25) is 9.59 Å². The lowest BCUT2D eigenvalue weighted by Gasteiger charge is -2.22. The number of rotatable bonds is 8. The van der Waals surface area contributed by atoms with E-state index in [1.165, 1.54) is 27.7 Å². The normalized spacial score (nSPS) is 27.3. The third kappa shape index (κ3) is 5.85. The molecule has 2 rings (SSSR count). The van der Waals surface area contributed by atoms with Crippen molar-refractivity contribution in [1.29, 1.82) is 0 Å². The third-order valence-corrected chi connectivity index (χ3v) is 4.91. The predicted octanol–water partition coefficient (Wildman–Crippen LogP) is 1.55. The first-order valence-electron chi connectivity index (χ1n) is 10.6. The van der Waals surface area contributed by atoms with Crippen molar-refractivity contribution in [2.24, 2.45) is 11.8 Å². The molecule has 0 aromatic carbocycles. The number of hydrogen-bond donors (Lipinski definition) is 0. The Morgan fingerprint density at radius 3 is 0.882 bits per heavy atom. The average molecular weight is 490 g/mol. The molecule has 0 aromatic rings. The van der Waals surface area contributed by atoms with Crippen molar-refractivity contribution >= 4 is 36.2 Å². The van der Waals surface area contributed by atoms with Gasteiger partial charge >= 0.3 is 24.6 Å². The van der Waals surface area contributed by atoms with Crippen LogP contribution in [0.15, 0.2) is 0 Å². The van der Waals surface area contributed by atoms with Crippen molar-refractivity contribution in [1.82, 2.24) is 0 Å². The number of ketones is 2. The Morgan fingerprint density at radius 2 is 0.706 bits per heavy atom. The second kappa shape index (κ2) is 12.0. The van der Waals surface area contributed by atoms with Crippen LogP contribution in [0.5, 0.6) is 0 Å². The highest BCUT2D eigenvalue weighted by Gasteiger charge is 2.69. The summed E-state index contributed by atoms with van der Waals surface area (Å²) in [5, 5.41) is 0. The van der Waals surface area contributed by atoms with Crippen molar-refractivity contribution in [3.05, 3.63) is 0 Å². The van der Waals surface area contributed by atoms with Crippen molar-refractivity contribution in [3.63, 3.8) is 0 Å². The highest BCUT2D eigenvalue weighted by atomic mass is 16.8. The van der Waals surface area contributed by atoms with E-state index in [-0.39, 0.29) is 26.4 Å². The van der Waals surface area contributed by atoms with Crippen molar-refractivity contribution < 1.29 is 66.7 Å². The topological polar surface area (TPSA) is 176 Å². The maximum absolute atomic E-state index is 13.1. The van der Waals surface area contributed by atoms with Crippen molar-refractivity contribution in [2.75, 3.05) is 26.4 Å². The minimum atomic E-state index is -1.75. The first kappa shape index (κ1) is 26.7. The molecule has 2 aliphatic carbocycles. The first-order valence-corrected chi connectivity index (χ1v) is 10.6. The smallest absolute Gasteiger partial charge is 0.435 e. The Kier molecular flexibility index (Phi) is 9.45. The largest absolute Gasteiger partial charge is 0.508 e. The lowest BCUT2D eigenvalue weighted by molar-refractivity contribution is -0.143. The Bertz CT molecular complexity index is 681. The molecule has 0 N–H and O–H groups in total. The maximum atomic E-state index is 13.1. The minimum absolute atomic E-state index is 0.0904. The van der Waals surface area contributed by atoms with E-state index in [4.69, 9.17) is 37.9 Å². The molecular formula is C20H26O14. The van der Waals surface area contributed by atoms with E-state index in [9.17, 15) is 28.8 Å². The van der Waals surface area contributed by atoms with Gasteiger partial charge in [-0.1, -0.05) is 0 Å². The lowest BCUT2D eigenvalue weighted by Crippen LogP contribution is -2.43. The van der Waals surface area contributed by atoms with Crippen molar-refractivity contribution in [3.8, 4) is 0 Å². The molecule has 34 heavy (non-hydrogen) atoms. The molecular weight excluding hydrogens is 464 g/mol. The molecule has 0 radical (unpaired) electrons. The summed E-state index contributed by atoms with van der Waals surface area (Å²) in [4.78, 5) is 74.1. The molecule has 2 aliphatic rings. The fourth-order valence-corrected chi connectivity index (χ4v) is 3.78. The average Bonchev–Trinajstić information content (AvgIpc) is 3.16. The van der Waals surface area contributed by atoms with Crippen LogP contribution in [-0.2, 0) is 47.5 Å². The second-order valence-corrected chi connectivity index (χ2v) is 6.85. The molecule has 2 fully saturated rings. The van der Waals surface area contributed by atoms with Gasteiger partial charge in [-0.2, -0.15) is 0 Å². The van der Waals surface area contributed by atoms with E-state index in [1.807, 2.05) is 0 Å². The number of fused-ring (bicyclic) bond motifs is 1. The van der Waals surface area contributed by atoms with Gasteiger partial charge in [0.25, 0.3) is 0 Å². The Balaban J connectivity index is 2.48. The van der Waals surface area contributed by atoms with Gasteiger partial charge in [0.1, 0.15) is 0 Å². The van der Waals surface area contributed by atoms with Gasteiger partial charge < -0.3 is 37.9 Å². The molecule has 0 spiro atoms. The van der Waals surface area contributed by atoms with Gasteiger partial charge in [-0.05, 0) is 27.7 Å². The number of ether oxygens (including phenoxy) is 8. The van der Waals surface area contributed by atoms with Crippen LogP contribution < -0.4 is 0 Å². The van der Waals surface area contributed by atoms with Crippen LogP contribution in [0.25, 0.3) is 0 Å². The predicted molar refractivity (Wildman–Crippen MR) is 105 cm³/mol. The molecule has 190 valence electrons. The zero-order valence-corrected chi connectivity index (χ0v) is 19.0. The summed E-state index contributed by atoms with van der Waals surface area (Å²) in [7, 11) is 0. The fourth-order valence-electron chi connectivity index (χ4n) is 3.78. The summed E-state index contributed by atoms with van der Waals surface area (Å²) in [6, 6.07) is 0. The van der Waals surface area contributed by atoms with Crippen LogP contribution in [0, 0.1) is 11.8 Å². The SMILES string of the molecule is CCOC(=O)OC1C(=O)C(OC(=O)OCC)C2C1[C@H](OC(=O)OCC)C(=O)[C@@H]2OC(=O)OCC. The van der Waals surface area contributed by atoms with E-state index >= 15 is 0 Å². The van der Waals surface area contributed by atoms with E-state index in [1.54, 1.807) is 0 Å². The molecule has 0 heterocycles. The Morgan fingerprint density at radius 1 is 0.500 bits per heavy atom. The highest BCUT2D eigenvalue weighted by molar-refractivity contribution is 6.01. The van der Waals surface area contributed by atoms with E-state index in [2.05, 4.69) is 0 Å². The molecule has 6 atom stereocenters. The zero-order chi connectivity index (χ0) is 25.4. The van der Waals surface area contributed by atoms with Crippen LogP contribution in [0.3, 0.4) is 0 Å². The molecule has 0 aromatic heterocycles. The first-order chi connectivity index (χ1) is 16.2. The van der Waals surface area contributed by atoms with Crippen LogP contribution >= 0.6 is 0 Å². The number of Topliss-reactive ketones (excluding diaryl/α,β-unsaturated/α-hetero) is 2. The molecule has 0 saturated heterocycles. The van der Waals surface area contributed by atoms with Gasteiger partial charge in [-0.15, -0.1) is 0 Å². The van der Waals surface area contributed by atoms with E-state index in [0.717, 1.165) is 0 Å². The number of carbonyl (C=O) groups is 6. The van der Waals surface area contributed by atoms with Crippen molar-refractivity contribution in [2.45, 2.75) is 52.1 Å². The third-order valence-electron chi connectivity index (χ3n) is 4.91. The van der Waals surface area contributed by atoms with E-state index in [0.29, 0.717) is 0 Å².